The van der Waals surface area contributed by atoms with E-state index in [4.69, 9.17) is 4.74 Å². The molecule has 3 atom stereocenters. The molecule has 1 aromatic heterocycles. The third kappa shape index (κ3) is 2.75. The van der Waals surface area contributed by atoms with Crippen molar-refractivity contribution in [3.63, 3.8) is 0 Å². The van der Waals surface area contributed by atoms with Crippen LogP contribution in [0.2, 0.25) is 0 Å². The lowest BCUT2D eigenvalue weighted by Crippen LogP contribution is -2.47. The lowest BCUT2D eigenvalue weighted by atomic mass is 10.1. The van der Waals surface area contributed by atoms with E-state index in [1.54, 1.807) is 6.20 Å². The Balaban J connectivity index is 1.37. The Kier molecular flexibility index (Phi) is 3.62. The summed E-state index contributed by atoms with van der Waals surface area (Å²) in [5.41, 5.74) is 1.47. The SMILES string of the molecule is Cc1ncccc1C(=O)N[C@@H]1C[C@H]2CO[C@@H](C3CC3)CN2C1. The molecule has 2 aliphatic heterocycles. The van der Waals surface area contributed by atoms with Crippen LogP contribution in [0.5, 0.6) is 0 Å². The van der Waals surface area contributed by atoms with Gasteiger partial charge in [-0.25, -0.2) is 0 Å². The molecule has 3 heterocycles. The highest BCUT2D eigenvalue weighted by Crippen LogP contribution is 2.37. The molecule has 0 bridgehead atoms. The van der Waals surface area contributed by atoms with Gasteiger partial charge in [0, 0.05) is 37.1 Å². The first-order valence-electron chi connectivity index (χ1n) is 8.29. The van der Waals surface area contributed by atoms with Crippen LogP contribution < -0.4 is 5.32 Å². The second-order valence-corrected chi connectivity index (χ2v) is 6.86. The molecule has 0 spiro atoms. The van der Waals surface area contributed by atoms with Crippen LogP contribution in [0.4, 0.5) is 0 Å². The van der Waals surface area contributed by atoms with E-state index in [-0.39, 0.29) is 11.9 Å². The van der Waals surface area contributed by atoms with Gasteiger partial charge in [-0.1, -0.05) is 0 Å². The van der Waals surface area contributed by atoms with Gasteiger partial charge in [-0.05, 0) is 44.2 Å². The summed E-state index contributed by atoms with van der Waals surface area (Å²) in [6, 6.07) is 4.34. The minimum atomic E-state index is -0.00453. The lowest BCUT2D eigenvalue weighted by Gasteiger charge is -2.35. The predicted molar refractivity (Wildman–Crippen MR) is 82.7 cm³/mol. The summed E-state index contributed by atoms with van der Waals surface area (Å²) >= 11 is 0. The van der Waals surface area contributed by atoms with Crippen molar-refractivity contribution in [2.45, 2.75) is 44.4 Å². The highest BCUT2D eigenvalue weighted by atomic mass is 16.5. The number of nitrogens with zero attached hydrogens (tertiary/aromatic N) is 2. The Morgan fingerprint density at radius 1 is 1.41 bits per heavy atom. The topological polar surface area (TPSA) is 54.5 Å². The van der Waals surface area contributed by atoms with Gasteiger partial charge in [-0.15, -0.1) is 0 Å². The Bertz CT molecular complexity index is 573. The Labute approximate surface area is 131 Å². The van der Waals surface area contributed by atoms with E-state index in [2.05, 4.69) is 15.2 Å². The second-order valence-electron chi connectivity index (χ2n) is 6.86. The number of carbonyl (C=O) groups is 1. The molecule has 118 valence electrons. The third-order valence-corrected chi connectivity index (χ3v) is 5.18. The molecule has 5 heteroatoms. The van der Waals surface area contributed by atoms with Gasteiger partial charge in [-0.2, -0.15) is 0 Å². The number of amides is 1. The van der Waals surface area contributed by atoms with Gasteiger partial charge < -0.3 is 10.1 Å². The van der Waals surface area contributed by atoms with Gasteiger partial charge in [0.05, 0.1) is 18.3 Å². The number of nitrogens with one attached hydrogen (secondary N) is 1. The molecule has 1 N–H and O–H groups in total. The molecule has 0 unspecified atom stereocenters. The quantitative estimate of drug-likeness (QED) is 0.916. The highest BCUT2D eigenvalue weighted by Gasteiger charge is 2.42. The van der Waals surface area contributed by atoms with Gasteiger partial charge in [0.25, 0.3) is 5.91 Å². The van der Waals surface area contributed by atoms with Crippen LogP contribution in [0.25, 0.3) is 0 Å². The summed E-state index contributed by atoms with van der Waals surface area (Å²) in [5, 5.41) is 3.18. The largest absolute Gasteiger partial charge is 0.375 e. The van der Waals surface area contributed by atoms with Crippen molar-refractivity contribution >= 4 is 5.91 Å². The number of rotatable bonds is 3. The smallest absolute Gasteiger partial charge is 0.253 e. The van der Waals surface area contributed by atoms with Gasteiger partial charge in [0.1, 0.15) is 0 Å². The van der Waals surface area contributed by atoms with Gasteiger partial charge in [0.2, 0.25) is 0 Å². The van der Waals surface area contributed by atoms with E-state index in [0.717, 1.165) is 37.7 Å². The van der Waals surface area contributed by atoms with E-state index in [9.17, 15) is 4.79 Å². The summed E-state index contributed by atoms with van der Waals surface area (Å²) < 4.78 is 6.01. The predicted octanol–water partition coefficient (Wildman–Crippen LogP) is 1.37. The van der Waals surface area contributed by atoms with Crippen molar-refractivity contribution in [2.24, 2.45) is 5.92 Å². The summed E-state index contributed by atoms with van der Waals surface area (Å²) in [5.74, 6) is 0.780. The maximum Gasteiger partial charge on any atom is 0.253 e. The zero-order chi connectivity index (χ0) is 15.1. The molecule has 1 aliphatic carbocycles. The normalized spacial score (nSPS) is 31.8. The van der Waals surface area contributed by atoms with Crippen molar-refractivity contribution in [1.29, 1.82) is 0 Å². The Morgan fingerprint density at radius 2 is 2.27 bits per heavy atom. The van der Waals surface area contributed by atoms with Crippen LogP contribution in [0.3, 0.4) is 0 Å². The summed E-state index contributed by atoms with van der Waals surface area (Å²) in [6.45, 7) is 4.68. The molecular weight excluding hydrogens is 278 g/mol. The van der Waals surface area contributed by atoms with Crippen LogP contribution in [-0.4, -0.2) is 53.7 Å². The maximum absolute atomic E-state index is 12.4. The number of morpholine rings is 1. The van der Waals surface area contributed by atoms with E-state index < -0.39 is 0 Å². The van der Waals surface area contributed by atoms with E-state index >= 15 is 0 Å². The van der Waals surface area contributed by atoms with Gasteiger partial charge in [0.15, 0.2) is 0 Å². The van der Waals surface area contributed by atoms with E-state index in [0.29, 0.717) is 17.7 Å². The molecule has 3 fully saturated rings. The van der Waals surface area contributed by atoms with Crippen LogP contribution in [-0.2, 0) is 4.74 Å². The fourth-order valence-corrected chi connectivity index (χ4v) is 3.74. The monoisotopic (exact) mass is 301 g/mol. The van der Waals surface area contributed by atoms with Crippen molar-refractivity contribution in [3.8, 4) is 0 Å². The summed E-state index contributed by atoms with van der Waals surface area (Å²) in [4.78, 5) is 19.1. The fourth-order valence-electron chi connectivity index (χ4n) is 3.74. The van der Waals surface area contributed by atoms with Crippen molar-refractivity contribution < 1.29 is 9.53 Å². The molecule has 3 aliphatic rings. The van der Waals surface area contributed by atoms with E-state index in [1.807, 2.05) is 19.1 Å². The van der Waals surface area contributed by atoms with Crippen LogP contribution in [0.15, 0.2) is 18.3 Å². The Hall–Kier alpha value is -1.46. The molecule has 1 aromatic rings. The highest BCUT2D eigenvalue weighted by molar-refractivity contribution is 5.95. The zero-order valence-electron chi connectivity index (χ0n) is 13.0. The third-order valence-electron chi connectivity index (χ3n) is 5.18. The first kappa shape index (κ1) is 14.2. The number of fused-ring (bicyclic) bond motifs is 1. The molecule has 22 heavy (non-hydrogen) atoms. The lowest BCUT2D eigenvalue weighted by molar-refractivity contribution is -0.0581. The number of pyridine rings is 1. The second kappa shape index (κ2) is 5.63. The minimum Gasteiger partial charge on any atom is -0.375 e. The molecule has 1 amide bonds. The van der Waals surface area contributed by atoms with E-state index in [1.165, 1.54) is 12.8 Å². The number of carbonyl (C=O) groups excluding carboxylic acids is 1. The average Bonchev–Trinajstić information content (AvgIpc) is 3.28. The van der Waals surface area contributed by atoms with Crippen LogP contribution in [0, 0.1) is 12.8 Å². The number of ether oxygens (including phenoxy) is 1. The van der Waals surface area contributed by atoms with Gasteiger partial charge >= 0.3 is 0 Å². The van der Waals surface area contributed by atoms with Crippen molar-refractivity contribution in [3.05, 3.63) is 29.6 Å². The summed E-state index contributed by atoms with van der Waals surface area (Å²) in [6.07, 6.45) is 5.78. The van der Waals surface area contributed by atoms with Crippen LogP contribution >= 0.6 is 0 Å². The minimum absolute atomic E-state index is 0.00453. The number of aromatic nitrogens is 1. The molecule has 5 nitrogen and oxygen atoms in total. The van der Waals surface area contributed by atoms with Crippen LogP contribution in [0.1, 0.15) is 35.3 Å². The van der Waals surface area contributed by atoms with Crippen molar-refractivity contribution in [2.75, 3.05) is 19.7 Å². The zero-order valence-corrected chi connectivity index (χ0v) is 13.0. The van der Waals surface area contributed by atoms with Gasteiger partial charge in [-0.3, -0.25) is 14.7 Å². The Morgan fingerprint density at radius 3 is 3.05 bits per heavy atom. The number of hydrogen-bond donors (Lipinski definition) is 1. The standard InChI is InChI=1S/C17H23N3O2/c1-11-15(3-2-6-18-11)17(21)19-13-7-14-10-22-16(12-4-5-12)9-20(14)8-13/h2-3,6,12-14,16H,4-5,7-10H2,1H3,(H,19,21)/t13-,14+,16-/m1/s1. The molecule has 0 radical (unpaired) electrons. The molecule has 1 saturated carbocycles. The molecule has 0 aromatic carbocycles. The fraction of sp³-hybridized carbons (Fsp3) is 0.647. The molecule has 4 rings (SSSR count). The number of aryl methyl sites for hydroxylation is 1. The average molecular weight is 301 g/mol. The molecule has 2 saturated heterocycles. The first-order valence-corrected chi connectivity index (χ1v) is 8.29. The first-order chi connectivity index (χ1) is 10.7. The summed E-state index contributed by atoms with van der Waals surface area (Å²) in [7, 11) is 0. The molecular formula is C17H23N3O2. The number of hydrogen-bond acceptors (Lipinski definition) is 4. The van der Waals surface area contributed by atoms with Crippen molar-refractivity contribution in [1.82, 2.24) is 15.2 Å². The maximum atomic E-state index is 12.4.